The largest absolute Gasteiger partial charge is 0.394 e. The first-order valence-electron chi connectivity index (χ1n) is 16.6. The third-order valence-corrected chi connectivity index (χ3v) is 10.3. The molecule has 1 N–H and O–H groups in total. The molecule has 2 unspecified atom stereocenters. The van der Waals surface area contributed by atoms with Crippen LogP contribution in [0.15, 0.2) is 73.8 Å². The summed E-state index contributed by atoms with van der Waals surface area (Å²) in [5.74, 6) is -2.30. The molecular weight excluding hydrogens is 578 g/mol. The summed E-state index contributed by atoms with van der Waals surface area (Å²) in [6.07, 6.45) is 5.42. The topological polar surface area (TPSA) is 90.4 Å². The summed E-state index contributed by atoms with van der Waals surface area (Å²) in [6, 6.07) is 13.7. The number of nitrogens with zero attached hydrogens (tertiary/aromatic N) is 3. The van der Waals surface area contributed by atoms with E-state index >= 15 is 4.79 Å². The number of aliphatic hydroxyl groups excluding tert-OH is 1. The Bertz CT molecular complexity index is 1490. The van der Waals surface area contributed by atoms with Gasteiger partial charge in [-0.3, -0.25) is 14.4 Å². The predicted octanol–water partition coefficient (Wildman–Crippen LogP) is 5.60. The molecule has 0 saturated carbocycles. The molecular formula is C38H49N3O5. The van der Waals surface area contributed by atoms with Crippen LogP contribution < -0.4 is 9.80 Å². The van der Waals surface area contributed by atoms with E-state index in [0.29, 0.717) is 31.4 Å². The Morgan fingerprint density at radius 1 is 1.04 bits per heavy atom. The van der Waals surface area contributed by atoms with Gasteiger partial charge >= 0.3 is 0 Å². The minimum Gasteiger partial charge on any atom is -0.394 e. The molecule has 0 aromatic heterocycles. The molecule has 3 aliphatic rings. The molecule has 0 aliphatic carbocycles. The molecule has 8 nitrogen and oxygen atoms in total. The van der Waals surface area contributed by atoms with Gasteiger partial charge in [0, 0.05) is 24.5 Å². The molecule has 3 heterocycles. The van der Waals surface area contributed by atoms with Crippen LogP contribution in [0.2, 0.25) is 0 Å². The first kappa shape index (κ1) is 33.6. The molecule has 6 atom stereocenters. The van der Waals surface area contributed by atoms with Crippen LogP contribution in [-0.2, 0) is 19.1 Å². The monoisotopic (exact) mass is 627 g/mol. The Hall–Kier alpha value is -3.75. The van der Waals surface area contributed by atoms with Crippen molar-refractivity contribution in [1.82, 2.24) is 4.90 Å². The lowest BCUT2D eigenvalue weighted by molar-refractivity contribution is -0.149. The van der Waals surface area contributed by atoms with Crippen molar-refractivity contribution < 1.29 is 24.2 Å². The van der Waals surface area contributed by atoms with Crippen LogP contribution >= 0.6 is 0 Å². The number of aryl methyl sites for hydroxylation is 2. The van der Waals surface area contributed by atoms with Crippen molar-refractivity contribution in [2.75, 3.05) is 29.5 Å². The molecule has 3 amide bonds. The lowest BCUT2D eigenvalue weighted by Crippen LogP contribution is -2.59. The predicted molar refractivity (Wildman–Crippen MR) is 181 cm³/mol. The highest BCUT2D eigenvalue weighted by molar-refractivity contribution is 6.07. The van der Waals surface area contributed by atoms with Gasteiger partial charge in [0.2, 0.25) is 11.8 Å². The second kappa shape index (κ2) is 13.2. The fourth-order valence-electron chi connectivity index (χ4n) is 8.35. The summed E-state index contributed by atoms with van der Waals surface area (Å²) in [6.45, 7) is 18.1. The highest BCUT2D eigenvalue weighted by Gasteiger charge is 2.79. The third kappa shape index (κ3) is 5.39. The van der Waals surface area contributed by atoms with Gasteiger partial charge in [-0.15, -0.1) is 13.2 Å². The molecule has 2 bridgehead atoms. The van der Waals surface area contributed by atoms with Crippen molar-refractivity contribution in [2.45, 2.75) is 83.6 Å². The van der Waals surface area contributed by atoms with Gasteiger partial charge in [0.15, 0.2) is 0 Å². The van der Waals surface area contributed by atoms with Crippen LogP contribution in [0.1, 0.15) is 57.6 Å². The quantitative estimate of drug-likeness (QED) is 0.292. The lowest BCUT2D eigenvalue weighted by Gasteiger charge is -2.40. The van der Waals surface area contributed by atoms with Gasteiger partial charge in [0.05, 0.1) is 30.1 Å². The van der Waals surface area contributed by atoms with Gasteiger partial charge in [0.1, 0.15) is 11.6 Å². The molecule has 8 heteroatoms. The van der Waals surface area contributed by atoms with Crippen molar-refractivity contribution in [2.24, 2.45) is 17.8 Å². The van der Waals surface area contributed by atoms with E-state index < -0.39 is 35.1 Å². The summed E-state index contributed by atoms with van der Waals surface area (Å²) in [5, 5.41) is 10.7. The number of ether oxygens (including phenoxy) is 1. The minimum atomic E-state index is -1.22. The Morgan fingerprint density at radius 2 is 1.72 bits per heavy atom. The van der Waals surface area contributed by atoms with Crippen molar-refractivity contribution in [3.63, 3.8) is 0 Å². The Kier molecular flexibility index (Phi) is 9.62. The van der Waals surface area contributed by atoms with E-state index in [9.17, 15) is 14.7 Å². The van der Waals surface area contributed by atoms with E-state index in [0.717, 1.165) is 16.8 Å². The number of aliphatic hydroxyl groups is 1. The summed E-state index contributed by atoms with van der Waals surface area (Å²) in [4.78, 5) is 49.8. The number of amides is 3. The highest BCUT2D eigenvalue weighted by Crippen LogP contribution is 2.65. The van der Waals surface area contributed by atoms with Gasteiger partial charge in [-0.2, -0.15) is 0 Å². The van der Waals surface area contributed by atoms with Gasteiger partial charge in [0.25, 0.3) is 5.91 Å². The number of carbonyl (C=O) groups is 3. The van der Waals surface area contributed by atoms with Gasteiger partial charge in [-0.05, 0) is 74.8 Å². The number of rotatable bonds is 13. The van der Waals surface area contributed by atoms with Crippen LogP contribution in [-0.4, -0.2) is 70.7 Å². The van der Waals surface area contributed by atoms with E-state index in [2.05, 4.69) is 13.2 Å². The number of fused-ring (bicyclic) bond motifs is 1. The zero-order valence-electron chi connectivity index (χ0n) is 27.9. The van der Waals surface area contributed by atoms with E-state index in [1.807, 2.05) is 83.1 Å². The summed E-state index contributed by atoms with van der Waals surface area (Å²) in [7, 11) is 0. The first-order chi connectivity index (χ1) is 22.0. The standard InChI is InChI=1S/C38H49N3O5/c1-8-20-39(28-14-12-11-13-15-28)34(43)31-32-35(44)41(29(24-42)22-25(4)5)33(38(32)19-18-37(31,10-3)46-38)36(45)40(21-9-2)30-23-26(6)16-17-27(30)7/h8-9,11-17,23,25,29,31-33,42H,1-2,10,18-22,24H2,3-7H3/t29-,31-,32+,33?,37+,38?/m1/s1. The number of hydrogen-bond acceptors (Lipinski definition) is 5. The molecule has 1 spiro atoms. The molecule has 2 aromatic rings. The highest BCUT2D eigenvalue weighted by atomic mass is 16.5. The van der Waals surface area contributed by atoms with Crippen molar-refractivity contribution >= 4 is 29.1 Å². The van der Waals surface area contributed by atoms with Crippen LogP contribution in [0.3, 0.4) is 0 Å². The molecule has 46 heavy (non-hydrogen) atoms. The van der Waals surface area contributed by atoms with Gasteiger partial charge in [-0.25, -0.2) is 0 Å². The van der Waals surface area contributed by atoms with Gasteiger partial charge < -0.3 is 24.5 Å². The molecule has 3 aliphatic heterocycles. The fourth-order valence-corrected chi connectivity index (χ4v) is 8.35. The molecule has 2 aromatic carbocycles. The van der Waals surface area contributed by atoms with Gasteiger partial charge in [-0.1, -0.05) is 63.3 Å². The van der Waals surface area contributed by atoms with E-state index in [1.165, 1.54) is 0 Å². The average molecular weight is 628 g/mol. The summed E-state index contributed by atoms with van der Waals surface area (Å²) in [5.41, 5.74) is 1.26. The molecule has 0 radical (unpaired) electrons. The third-order valence-electron chi connectivity index (χ3n) is 10.3. The Labute approximate surface area is 273 Å². The number of hydrogen-bond donors (Lipinski definition) is 1. The summed E-state index contributed by atoms with van der Waals surface area (Å²) < 4.78 is 7.08. The van der Waals surface area contributed by atoms with Crippen LogP contribution in [0.25, 0.3) is 0 Å². The smallest absolute Gasteiger partial charge is 0.253 e. The number of carbonyl (C=O) groups excluding carboxylic acids is 3. The van der Waals surface area contributed by atoms with Crippen LogP contribution in [0.5, 0.6) is 0 Å². The van der Waals surface area contributed by atoms with Crippen LogP contribution in [0.4, 0.5) is 11.4 Å². The van der Waals surface area contributed by atoms with E-state index in [1.54, 1.807) is 26.9 Å². The number of benzene rings is 2. The Balaban J connectivity index is 1.68. The maximum Gasteiger partial charge on any atom is 0.253 e. The molecule has 3 saturated heterocycles. The maximum absolute atomic E-state index is 15.1. The fraction of sp³-hybridized carbons (Fsp3) is 0.500. The Morgan fingerprint density at radius 3 is 2.33 bits per heavy atom. The SMILES string of the molecule is C=CCN(C(=O)[C@H]1[C@H]2C(=O)N([C@@H](CO)CC(C)C)C(C(=O)N(CC=C)c3cc(C)ccc3C)C23CC[C@]1(CC)O3)c1ccccc1. The lowest BCUT2D eigenvalue weighted by atomic mass is 9.64. The van der Waals surface area contributed by atoms with Crippen LogP contribution in [0, 0.1) is 31.6 Å². The second-order valence-corrected chi connectivity index (χ2v) is 13.6. The summed E-state index contributed by atoms with van der Waals surface area (Å²) >= 11 is 0. The molecule has 246 valence electrons. The zero-order valence-corrected chi connectivity index (χ0v) is 27.9. The van der Waals surface area contributed by atoms with E-state index in [4.69, 9.17) is 4.74 Å². The first-order valence-corrected chi connectivity index (χ1v) is 16.6. The number of anilines is 2. The van der Waals surface area contributed by atoms with Crippen molar-refractivity contribution in [3.8, 4) is 0 Å². The van der Waals surface area contributed by atoms with E-state index in [-0.39, 0.29) is 43.3 Å². The number of para-hydroxylation sites is 1. The molecule has 3 fully saturated rings. The average Bonchev–Trinajstić information content (AvgIpc) is 3.65. The molecule has 5 rings (SSSR count). The maximum atomic E-state index is 15.1. The van der Waals surface area contributed by atoms with Crippen molar-refractivity contribution in [3.05, 3.63) is 85.0 Å². The second-order valence-electron chi connectivity index (χ2n) is 13.6. The number of likely N-dealkylation sites (tertiary alicyclic amines) is 1. The minimum absolute atomic E-state index is 0.153. The normalized spacial score (nSPS) is 27.1. The van der Waals surface area contributed by atoms with Crippen molar-refractivity contribution in [1.29, 1.82) is 0 Å². The zero-order chi connectivity index (χ0) is 33.4.